The molecule has 0 saturated heterocycles. The zero-order valence-corrected chi connectivity index (χ0v) is 8.68. The zero-order valence-electron chi connectivity index (χ0n) is 7.86. The number of unbranched alkanes of at least 4 members (excludes halogenated alkanes) is 1. The fourth-order valence-corrected chi connectivity index (χ4v) is 1.67. The topological polar surface area (TPSA) is 16.1 Å². The van der Waals surface area contributed by atoms with E-state index in [0.29, 0.717) is 0 Å². The van der Waals surface area contributed by atoms with Gasteiger partial charge in [0.25, 0.3) is 0 Å². The molecule has 0 bridgehead atoms. The highest BCUT2D eigenvalue weighted by molar-refractivity contribution is 7.07. The summed E-state index contributed by atoms with van der Waals surface area (Å²) < 4.78 is 0. The lowest BCUT2D eigenvalue weighted by Crippen LogP contribution is -2.19. The van der Waals surface area contributed by atoms with Crippen LogP contribution in [0.15, 0.2) is 10.9 Å². The summed E-state index contributed by atoms with van der Waals surface area (Å²) >= 11 is 1.64. The molecule has 1 heterocycles. The Kier molecular flexibility index (Phi) is 4.52. The fraction of sp³-hybridized carbons (Fsp3) is 0.500. The van der Waals surface area contributed by atoms with E-state index in [1.807, 2.05) is 5.51 Å². The Balaban J connectivity index is 2.19. The van der Waals surface area contributed by atoms with Gasteiger partial charge in [-0.3, -0.25) is 0 Å². The van der Waals surface area contributed by atoms with Crippen LogP contribution >= 0.6 is 11.3 Å². The monoisotopic (exact) mass is 194 g/mol. The Morgan fingerprint density at radius 1 is 1.69 bits per heavy atom. The van der Waals surface area contributed by atoms with Crippen molar-refractivity contribution in [3.63, 3.8) is 0 Å². The van der Waals surface area contributed by atoms with Gasteiger partial charge in [0.2, 0.25) is 0 Å². The summed E-state index contributed by atoms with van der Waals surface area (Å²) in [4.78, 5) is 6.46. The van der Waals surface area contributed by atoms with Crippen molar-refractivity contribution in [1.29, 1.82) is 0 Å². The minimum Gasteiger partial charge on any atom is -0.300 e. The standard InChI is InChI=1S/C10H14N2S/c1-3-4-5-6-12(2)7-10-8-13-9-11-10/h1,8-9H,4-7H2,2H3. The number of aromatic nitrogens is 1. The van der Waals surface area contributed by atoms with Crippen LogP contribution in [-0.2, 0) is 6.54 Å². The van der Waals surface area contributed by atoms with Crippen molar-refractivity contribution in [2.45, 2.75) is 19.4 Å². The van der Waals surface area contributed by atoms with Crippen molar-refractivity contribution in [1.82, 2.24) is 9.88 Å². The molecule has 0 atom stereocenters. The summed E-state index contributed by atoms with van der Waals surface area (Å²) in [6, 6.07) is 0. The molecule has 0 fully saturated rings. The molecule has 0 amide bonds. The summed E-state index contributed by atoms with van der Waals surface area (Å²) in [5, 5.41) is 2.08. The Morgan fingerprint density at radius 3 is 3.15 bits per heavy atom. The minimum absolute atomic E-state index is 0.863. The summed E-state index contributed by atoms with van der Waals surface area (Å²) in [5.74, 6) is 2.64. The van der Waals surface area contributed by atoms with Crippen LogP contribution < -0.4 is 0 Å². The molecule has 13 heavy (non-hydrogen) atoms. The van der Waals surface area contributed by atoms with Crippen LogP contribution in [-0.4, -0.2) is 23.5 Å². The van der Waals surface area contributed by atoms with Gasteiger partial charge in [0, 0.05) is 18.3 Å². The number of nitrogens with zero attached hydrogens (tertiary/aromatic N) is 2. The maximum atomic E-state index is 5.17. The van der Waals surface area contributed by atoms with Gasteiger partial charge in [0.1, 0.15) is 0 Å². The molecule has 1 rings (SSSR count). The van der Waals surface area contributed by atoms with Crippen LogP contribution in [0.2, 0.25) is 0 Å². The van der Waals surface area contributed by atoms with Gasteiger partial charge >= 0.3 is 0 Å². The van der Waals surface area contributed by atoms with Crippen molar-refractivity contribution in [3.05, 3.63) is 16.6 Å². The van der Waals surface area contributed by atoms with E-state index in [0.717, 1.165) is 31.6 Å². The van der Waals surface area contributed by atoms with Crippen LogP contribution in [0.1, 0.15) is 18.5 Å². The maximum absolute atomic E-state index is 5.17. The maximum Gasteiger partial charge on any atom is 0.0795 e. The number of hydrogen-bond donors (Lipinski definition) is 0. The first-order valence-corrected chi connectivity index (χ1v) is 5.26. The third-order valence-electron chi connectivity index (χ3n) is 1.78. The van der Waals surface area contributed by atoms with Crippen molar-refractivity contribution in [2.75, 3.05) is 13.6 Å². The average molecular weight is 194 g/mol. The third-order valence-corrected chi connectivity index (χ3v) is 2.41. The van der Waals surface area contributed by atoms with Crippen molar-refractivity contribution in [3.8, 4) is 12.3 Å². The molecule has 0 aliphatic heterocycles. The molecule has 0 aliphatic rings. The van der Waals surface area contributed by atoms with Gasteiger partial charge < -0.3 is 4.90 Å². The quantitative estimate of drug-likeness (QED) is 0.526. The van der Waals surface area contributed by atoms with Crippen LogP contribution in [0, 0.1) is 12.3 Å². The number of terminal acetylenes is 1. The summed E-state index contributed by atoms with van der Waals surface area (Å²) in [5.41, 5.74) is 3.01. The van der Waals surface area contributed by atoms with Crippen molar-refractivity contribution >= 4 is 11.3 Å². The average Bonchev–Trinajstić information content (AvgIpc) is 2.57. The lowest BCUT2D eigenvalue weighted by atomic mass is 10.3. The fourth-order valence-electron chi connectivity index (χ4n) is 1.12. The molecule has 0 saturated carbocycles. The molecule has 0 radical (unpaired) electrons. The number of thiazole rings is 1. The van der Waals surface area contributed by atoms with E-state index < -0.39 is 0 Å². The van der Waals surface area contributed by atoms with E-state index in [2.05, 4.69) is 28.2 Å². The van der Waals surface area contributed by atoms with Gasteiger partial charge in [0.15, 0.2) is 0 Å². The predicted octanol–water partition coefficient (Wildman–Crippen LogP) is 1.99. The smallest absolute Gasteiger partial charge is 0.0795 e. The number of rotatable bonds is 5. The molecular weight excluding hydrogens is 180 g/mol. The normalized spacial score (nSPS) is 10.2. The molecule has 70 valence electrons. The van der Waals surface area contributed by atoms with Gasteiger partial charge in [-0.25, -0.2) is 4.98 Å². The van der Waals surface area contributed by atoms with E-state index in [1.165, 1.54) is 0 Å². The Morgan fingerprint density at radius 2 is 2.54 bits per heavy atom. The SMILES string of the molecule is C#CCCCN(C)Cc1cscn1. The van der Waals surface area contributed by atoms with Crippen molar-refractivity contribution in [2.24, 2.45) is 0 Å². The van der Waals surface area contributed by atoms with Gasteiger partial charge in [-0.05, 0) is 20.0 Å². The third kappa shape index (κ3) is 4.07. The molecule has 0 spiro atoms. The second-order valence-corrected chi connectivity index (χ2v) is 3.74. The summed E-state index contributed by atoms with van der Waals surface area (Å²) in [6.45, 7) is 1.97. The lowest BCUT2D eigenvalue weighted by Gasteiger charge is -2.13. The second kappa shape index (κ2) is 5.74. The van der Waals surface area contributed by atoms with Crippen molar-refractivity contribution < 1.29 is 0 Å². The lowest BCUT2D eigenvalue weighted by molar-refractivity contribution is 0.320. The molecule has 2 nitrogen and oxygen atoms in total. The summed E-state index contributed by atoms with van der Waals surface area (Å²) in [6.07, 6.45) is 7.10. The molecule has 1 aromatic rings. The first kappa shape index (κ1) is 10.2. The van der Waals surface area contributed by atoms with Gasteiger partial charge in [0.05, 0.1) is 11.2 Å². The largest absolute Gasteiger partial charge is 0.300 e. The molecule has 0 N–H and O–H groups in total. The minimum atomic E-state index is 0.863. The predicted molar refractivity (Wildman–Crippen MR) is 56.5 cm³/mol. The Bertz CT molecular complexity index is 261. The van der Waals surface area contributed by atoms with Crippen LogP contribution in [0.3, 0.4) is 0 Å². The van der Waals surface area contributed by atoms with Gasteiger partial charge in [-0.1, -0.05) is 0 Å². The molecule has 1 aromatic heterocycles. The van der Waals surface area contributed by atoms with E-state index in [1.54, 1.807) is 11.3 Å². The highest BCUT2D eigenvalue weighted by Gasteiger charge is 2.00. The molecule has 0 aromatic carbocycles. The van der Waals surface area contributed by atoms with Gasteiger partial charge in [-0.2, -0.15) is 0 Å². The zero-order chi connectivity index (χ0) is 9.52. The van der Waals surface area contributed by atoms with E-state index in [4.69, 9.17) is 6.42 Å². The highest BCUT2D eigenvalue weighted by atomic mass is 32.1. The first-order chi connectivity index (χ1) is 6.33. The Hall–Kier alpha value is -0.850. The Labute approximate surface area is 83.6 Å². The summed E-state index contributed by atoms with van der Waals surface area (Å²) in [7, 11) is 2.09. The van der Waals surface area contributed by atoms with Crippen LogP contribution in [0.4, 0.5) is 0 Å². The molecule has 0 unspecified atom stereocenters. The van der Waals surface area contributed by atoms with Gasteiger partial charge in [-0.15, -0.1) is 23.7 Å². The second-order valence-electron chi connectivity index (χ2n) is 3.03. The molecule has 0 aliphatic carbocycles. The van der Waals surface area contributed by atoms with E-state index >= 15 is 0 Å². The first-order valence-electron chi connectivity index (χ1n) is 4.32. The molecular formula is C10H14N2S. The van der Waals surface area contributed by atoms with Crippen LogP contribution in [0.5, 0.6) is 0 Å². The van der Waals surface area contributed by atoms with Crippen LogP contribution in [0.25, 0.3) is 0 Å². The highest BCUT2D eigenvalue weighted by Crippen LogP contribution is 2.04. The van der Waals surface area contributed by atoms with E-state index in [9.17, 15) is 0 Å². The number of hydrogen-bond acceptors (Lipinski definition) is 3. The van der Waals surface area contributed by atoms with E-state index in [-0.39, 0.29) is 0 Å². The molecule has 3 heteroatoms.